The zero-order chi connectivity index (χ0) is 14.3. The molecular formula is C18H18N2O. The summed E-state index contributed by atoms with van der Waals surface area (Å²) in [6, 6.07) is 14.5. The fourth-order valence-electron chi connectivity index (χ4n) is 4.00. The van der Waals surface area contributed by atoms with Gasteiger partial charge in [0.2, 0.25) is 5.91 Å². The highest BCUT2D eigenvalue weighted by Gasteiger charge is 2.71. The maximum Gasteiger partial charge on any atom is 0.226 e. The van der Waals surface area contributed by atoms with Crippen molar-refractivity contribution in [1.29, 1.82) is 0 Å². The van der Waals surface area contributed by atoms with E-state index < -0.39 is 0 Å². The maximum absolute atomic E-state index is 12.4. The van der Waals surface area contributed by atoms with Gasteiger partial charge in [0.05, 0.1) is 5.41 Å². The Morgan fingerprint density at radius 1 is 1.10 bits per heavy atom. The molecule has 0 saturated heterocycles. The molecule has 1 aromatic carbocycles. The van der Waals surface area contributed by atoms with Gasteiger partial charge in [-0.2, -0.15) is 0 Å². The number of pyridine rings is 1. The number of carbonyl (C=O) groups excluding carboxylic acids is 1. The van der Waals surface area contributed by atoms with Crippen LogP contribution in [0.3, 0.4) is 0 Å². The van der Waals surface area contributed by atoms with Crippen molar-refractivity contribution < 1.29 is 4.79 Å². The Kier molecular flexibility index (Phi) is 2.64. The van der Waals surface area contributed by atoms with E-state index >= 15 is 0 Å². The van der Waals surface area contributed by atoms with Gasteiger partial charge in [0, 0.05) is 18.9 Å². The Hall–Kier alpha value is -2.16. The summed E-state index contributed by atoms with van der Waals surface area (Å²) >= 11 is 0. The molecule has 3 aliphatic carbocycles. The summed E-state index contributed by atoms with van der Waals surface area (Å²) < 4.78 is 0. The quantitative estimate of drug-likeness (QED) is 0.934. The third-order valence-corrected chi connectivity index (χ3v) is 5.07. The Balaban J connectivity index is 1.37. The molecule has 2 aromatic rings. The van der Waals surface area contributed by atoms with Crippen LogP contribution in [0.2, 0.25) is 0 Å². The molecule has 106 valence electrons. The van der Waals surface area contributed by atoms with Crippen LogP contribution in [0.4, 0.5) is 0 Å². The summed E-state index contributed by atoms with van der Waals surface area (Å²) in [5.41, 5.74) is 2.63. The number of amides is 1. The van der Waals surface area contributed by atoms with Crippen molar-refractivity contribution in [3.63, 3.8) is 0 Å². The van der Waals surface area contributed by atoms with Crippen molar-refractivity contribution in [3.05, 3.63) is 66.0 Å². The lowest BCUT2D eigenvalue weighted by molar-refractivity contribution is -0.176. The van der Waals surface area contributed by atoms with Crippen LogP contribution in [-0.4, -0.2) is 10.9 Å². The first-order valence-corrected chi connectivity index (χ1v) is 7.45. The van der Waals surface area contributed by atoms with Crippen molar-refractivity contribution in [2.45, 2.75) is 31.2 Å². The number of benzene rings is 1. The highest BCUT2D eigenvalue weighted by Crippen LogP contribution is 2.73. The second-order valence-electron chi connectivity index (χ2n) is 6.50. The Morgan fingerprint density at radius 3 is 2.52 bits per heavy atom. The van der Waals surface area contributed by atoms with E-state index in [1.165, 1.54) is 5.56 Å². The highest BCUT2D eigenvalue weighted by atomic mass is 16.2. The lowest BCUT2D eigenvalue weighted by Gasteiger charge is -2.69. The lowest BCUT2D eigenvalue weighted by Crippen LogP contribution is -2.69. The molecule has 0 aliphatic heterocycles. The van der Waals surface area contributed by atoms with Gasteiger partial charge in [0.15, 0.2) is 0 Å². The number of nitrogens with zero attached hydrogens (tertiary/aromatic N) is 1. The third-order valence-electron chi connectivity index (χ3n) is 5.07. The number of nitrogens with one attached hydrogen (secondary N) is 1. The van der Waals surface area contributed by atoms with Gasteiger partial charge in [-0.15, -0.1) is 0 Å². The van der Waals surface area contributed by atoms with Crippen LogP contribution in [0.15, 0.2) is 54.9 Å². The molecule has 5 rings (SSSR count). The minimum absolute atomic E-state index is 0.0992. The van der Waals surface area contributed by atoms with Gasteiger partial charge < -0.3 is 5.32 Å². The smallest absolute Gasteiger partial charge is 0.226 e. The van der Waals surface area contributed by atoms with Crippen LogP contribution < -0.4 is 5.32 Å². The van der Waals surface area contributed by atoms with Gasteiger partial charge in [-0.3, -0.25) is 9.78 Å². The van der Waals surface area contributed by atoms with E-state index in [0.29, 0.717) is 6.54 Å². The van der Waals surface area contributed by atoms with Gasteiger partial charge in [0.1, 0.15) is 0 Å². The van der Waals surface area contributed by atoms with Gasteiger partial charge in [0.25, 0.3) is 0 Å². The maximum atomic E-state index is 12.4. The molecule has 21 heavy (non-hydrogen) atoms. The standard InChI is InChI=1S/C18H18N2O/c21-16(20-10-14-5-4-8-19-9-14)18-11-17(12-18,13-18)15-6-2-1-3-7-15/h1-9H,10-13H2,(H,20,21). The monoisotopic (exact) mass is 278 g/mol. The molecule has 3 saturated carbocycles. The largest absolute Gasteiger partial charge is 0.351 e. The van der Waals surface area contributed by atoms with E-state index in [1.807, 2.05) is 18.2 Å². The van der Waals surface area contributed by atoms with E-state index in [0.717, 1.165) is 24.8 Å². The van der Waals surface area contributed by atoms with Crippen LogP contribution in [0, 0.1) is 5.41 Å². The molecule has 2 bridgehead atoms. The molecule has 3 heteroatoms. The van der Waals surface area contributed by atoms with Crippen molar-refractivity contribution in [1.82, 2.24) is 10.3 Å². The highest BCUT2D eigenvalue weighted by molar-refractivity contribution is 5.87. The second-order valence-corrected chi connectivity index (χ2v) is 6.50. The molecule has 0 atom stereocenters. The molecule has 1 amide bonds. The molecule has 1 heterocycles. The average Bonchev–Trinajstić information content (AvgIpc) is 2.45. The van der Waals surface area contributed by atoms with E-state index in [9.17, 15) is 4.79 Å². The number of carbonyl (C=O) groups is 1. The van der Waals surface area contributed by atoms with Gasteiger partial charge in [-0.25, -0.2) is 0 Å². The molecule has 3 nitrogen and oxygen atoms in total. The summed E-state index contributed by atoms with van der Waals surface area (Å²) in [6.07, 6.45) is 6.55. The predicted molar refractivity (Wildman–Crippen MR) is 80.5 cm³/mol. The Bertz CT molecular complexity index is 646. The first-order chi connectivity index (χ1) is 10.2. The number of rotatable bonds is 4. The number of hydrogen-bond acceptors (Lipinski definition) is 2. The first kappa shape index (κ1) is 12.6. The summed E-state index contributed by atoms with van der Waals surface area (Å²) in [6.45, 7) is 0.576. The molecule has 0 radical (unpaired) electrons. The van der Waals surface area contributed by atoms with E-state index in [-0.39, 0.29) is 16.7 Å². The molecule has 3 fully saturated rings. The number of hydrogen-bond donors (Lipinski definition) is 1. The summed E-state index contributed by atoms with van der Waals surface area (Å²) in [4.78, 5) is 16.5. The zero-order valence-electron chi connectivity index (χ0n) is 11.9. The molecule has 0 spiro atoms. The van der Waals surface area contributed by atoms with Crippen molar-refractivity contribution >= 4 is 5.91 Å². The summed E-state index contributed by atoms with van der Waals surface area (Å²) in [5.74, 6) is 0.212. The first-order valence-electron chi connectivity index (χ1n) is 7.45. The molecule has 3 aliphatic rings. The second kappa shape index (κ2) is 4.42. The fraction of sp³-hybridized carbons (Fsp3) is 0.333. The van der Waals surface area contributed by atoms with Gasteiger partial charge in [-0.05, 0) is 41.9 Å². The van der Waals surface area contributed by atoms with Crippen molar-refractivity contribution in [3.8, 4) is 0 Å². The SMILES string of the molecule is O=C(NCc1cccnc1)C12CC(c3ccccc3)(C1)C2. The molecular weight excluding hydrogens is 260 g/mol. The Morgan fingerprint density at radius 2 is 1.86 bits per heavy atom. The van der Waals surface area contributed by atoms with Gasteiger partial charge >= 0.3 is 0 Å². The van der Waals surface area contributed by atoms with Crippen LogP contribution in [0.5, 0.6) is 0 Å². The van der Waals surface area contributed by atoms with E-state index in [2.05, 4.69) is 34.6 Å². The average molecular weight is 278 g/mol. The van der Waals surface area contributed by atoms with Crippen LogP contribution in [-0.2, 0) is 16.8 Å². The number of aromatic nitrogens is 1. The van der Waals surface area contributed by atoms with E-state index in [4.69, 9.17) is 0 Å². The normalized spacial score (nSPS) is 29.1. The minimum Gasteiger partial charge on any atom is -0.351 e. The minimum atomic E-state index is -0.0992. The van der Waals surface area contributed by atoms with Crippen LogP contribution in [0.25, 0.3) is 0 Å². The predicted octanol–water partition coefficient (Wildman–Crippen LogP) is 2.82. The summed E-state index contributed by atoms with van der Waals surface area (Å²) in [7, 11) is 0. The topological polar surface area (TPSA) is 42.0 Å². The summed E-state index contributed by atoms with van der Waals surface area (Å²) in [5, 5.41) is 3.07. The van der Waals surface area contributed by atoms with E-state index in [1.54, 1.807) is 12.4 Å². The van der Waals surface area contributed by atoms with Crippen molar-refractivity contribution in [2.24, 2.45) is 5.41 Å². The van der Waals surface area contributed by atoms with Crippen LogP contribution in [0.1, 0.15) is 30.4 Å². The zero-order valence-corrected chi connectivity index (χ0v) is 11.9. The molecule has 1 N–H and O–H groups in total. The van der Waals surface area contributed by atoms with Crippen LogP contribution >= 0.6 is 0 Å². The molecule has 0 unspecified atom stereocenters. The third kappa shape index (κ3) is 1.88. The van der Waals surface area contributed by atoms with Crippen molar-refractivity contribution in [2.75, 3.05) is 0 Å². The lowest BCUT2D eigenvalue weighted by atomic mass is 9.33. The van der Waals surface area contributed by atoms with Gasteiger partial charge in [-0.1, -0.05) is 36.4 Å². The molecule has 1 aromatic heterocycles. The fourth-order valence-corrected chi connectivity index (χ4v) is 4.00. The Labute approximate surface area is 124 Å².